The Bertz CT molecular complexity index is 619. The average Bonchev–Trinajstić information content (AvgIpc) is 2.60. The van der Waals surface area contributed by atoms with Gasteiger partial charge >= 0.3 is 6.09 Å². The van der Waals surface area contributed by atoms with Crippen molar-refractivity contribution in [2.45, 2.75) is 38.3 Å². The van der Waals surface area contributed by atoms with Crippen LogP contribution in [0.5, 0.6) is 0 Å². The Labute approximate surface area is 146 Å². The van der Waals surface area contributed by atoms with Gasteiger partial charge in [-0.05, 0) is 43.4 Å². The number of nitrogens with zero attached hydrogens (tertiary/aromatic N) is 2. The number of ether oxygens (including phenoxy) is 1. The van der Waals surface area contributed by atoms with Crippen LogP contribution >= 0.6 is 11.6 Å². The normalized spacial score (nSPS) is 19.9. The molecule has 0 unspecified atom stereocenters. The van der Waals surface area contributed by atoms with Crippen molar-refractivity contribution >= 4 is 23.6 Å². The minimum atomic E-state index is -0.464. The number of carbonyl (C=O) groups is 2. The summed E-state index contributed by atoms with van der Waals surface area (Å²) in [6.07, 6.45) is 4.08. The van der Waals surface area contributed by atoms with Crippen LogP contribution in [0.1, 0.15) is 31.2 Å². The van der Waals surface area contributed by atoms with Crippen LogP contribution in [0, 0.1) is 17.4 Å². The van der Waals surface area contributed by atoms with Gasteiger partial charge in [0.15, 0.2) is 6.19 Å². The van der Waals surface area contributed by atoms with E-state index in [0.29, 0.717) is 30.7 Å². The van der Waals surface area contributed by atoms with Gasteiger partial charge in [-0.2, -0.15) is 5.26 Å². The lowest BCUT2D eigenvalue weighted by Gasteiger charge is -2.28. The molecule has 1 aliphatic rings. The first-order chi connectivity index (χ1) is 11.5. The summed E-state index contributed by atoms with van der Waals surface area (Å²) in [5.41, 5.74) is 0.864. The van der Waals surface area contributed by atoms with Crippen molar-refractivity contribution in [2.24, 2.45) is 5.92 Å². The van der Waals surface area contributed by atoms with Gasteiger partial charge in [0.05, 0.1) is 0 Å². The van der Waals surface area contributed by atoms with Crippen LogP contribution in [0.2, 0.25) is 5.02 Å². The second-order valence-corrected chi connectivity index (χ2v) is 6.33. The zero-order valence-electron chi connectivity index (χ0n) is 13.5. The van der Waals surface area contributed by atoms with Gasteiger partial charge in [-0.1, -0.05) is 23.7 Å². The Hall–Kier alpha value is -2.26. The zero-order valence-corrected chi connectivity index (χ0v) is 14.3. The maximum absolute atomic E-state index is 11.9. The van der Waals surface area contributed by atoms with Gasteiger partial charge in [0.1, 0.15) is 6.61 Å². The highest BCUT2D eigenvalue weighted by atomic mass is 35.5. The highest BCUT2D eigenvalue weighted by Gasteiger charge is 2.29. The molecule has 128 valence electrons. The predicted octanol–water partition coefficient (Wildman–Crippen LogP) is 3.06. The molecular formula is C17H20ClN3O3. The summed E-state index contributed by atoms with van der Waals surface area (Å²) in [6, 6.07) is 7.10. The fourth-order valence-electron chi connectivity index (χ4n) is 2.75. The standard InChI is InChI=1S/C17H20ClN3O3/c1-21(11-19)16(22)13-4-8-15(9-5-13)20-17(23)24-10-12-2-6-14(18)7-3-12/h2-3,6-7,13,15H,4-5,8-10H2,1H3,(H,20,23). The molecule has 0 aromatic heterocycles. The van der Waals surface area contributed by atoms with Crippen molar-refractivity contribution < 1.29 is 14.3 Å². The molecule has 0 atom stereocenters. The summed E-state index contributed by atoms with van der Waals surface area (Å²) in [7, 11) is 1.47. The molecule has 0 bridgehead atoms. The Morgan fingerprint density at radius 1 is 1.29 bits per heavy atom. The van der Waals surface area contributed by atoms with Crippen LogP contribution in [0.25, 0.3) is 0 Å². The van der Waals surface area contributed by atoms with E-state index in [1.165, 1.54) is 7.05 Å². The molecule has 2 rings (SSSR count). The third-order valence-electron chi connectivity index (χ3n) is 4.16. The Kier molecular flexibility index (Phi) is 6.44. The van der Waals surface area contributed by atoms with Crippen molar-refractivity contribution in [1.29, 1.82) is 5.26 Å². The van der Waals surface area contributed by atoms with Crippen molar-refractivity contribution in [3.05, 3.63) is 34.9 Å². The number of benzene rings is 1. The second kappa shape index (κ2) is 8.55. The lowest BCUT2D eigenvalue weighted by atomic mass is 9.85. The molecule has 0 spiro atoms. The second-order valence-electron chi connectivity index (χ2n) is 5.89. The van der Waals surface area contributed by atoms with Crippen LogP contribution in [-0.2, 0) is 16.1 Å². The van der Waals surface area contributed by atoms with E-state index in [1.807, 2.05) is 6.19 Å². The van der Waals surface area contributed by atoms with Gasteiger partial charge in [0, 0.05) is 24.0 Å². The molecule has 6 nitrogen and oxygen atoms in total. The first kappa shape index (κ1) is 18.1. The smallest absolute Gasteiger partial charge is 0.407 e. The van der Waals surface area contributed by atoms with E-state index in [4.69, 9.17) is 21.6 Å². The van der Waals surface area contributed by atoms with E-state index in [1.54, 1.807) is 24.3 Å². The molecule has 1 aromatic rings. The van der Waals surface area contributed by atoms with E-state index in [0.717, 1.165) is 10.5 Å². The molecule has 0 heterocycles. The monoisotopic (exact) mass is 349 g/mol. The quantitative estimate of drug-likeness (QED) is 0.669. The molecule has 0 radical (unpaired) electrons. The molecule has 0 saturated heterocycles. The molecule has 24 heavy (non-hydrogen) atoms. The van der Waals surface area contributed by atoms with Gasteiger partial charge in [-0.25, -0.2) is 4.79 Å². The number of halogens is 1. The molecule has 7 heteroatoms. The van der Waals surface area contributed by atoms with E-state index in [9.17, 15) is 9.59 Å². The molecule has 1 aromatic carbocycles. The summed E-state index contributed by atoms with van der Waals surface area (Å²) in [5, 5.41) is 12.2. The summed E-state index contributed by atoms with van der Waals surface area (Å²) in [6.45, 7) is 0.184. The number of rotatable bonds is 4. The molecule has 1 fully saturated rings. The number of nitrogens with one attached hydrogen (secondary N) is 1. The van der Waals surface area contributed by atoms with Crippen LogP contribution in [0.3, 0.4) is 0 Å². The third-order valence-corrected chi connectivity index (χ3v) is 4.41. The van der Waals surface area contributed by atoms with Crippen molar-refractivity contribution in [1.82, 2.24) is 10.2 Å². The average molecular weight is 350 g/mol. The number of alkyl carbamates (subject to hydrolysis) is 1. The van der Waals surface area contributed by atoms with Crippen molar-refractivity contribution in [3.8, 4) is 6.19 Å². The Morgan fingerprint density at radius 2 is 1.92 bits per heavy atom. The minimum Gasteiger partial charge on any atom is -0.445 e. The van der Waals surface area contributed by atoms with Crippen LogP contribution in [-0.4, -0.2) is 30.0 Å². The fraction of sp³-hybridized carbons (Fsp3) is 0.471. The predicted molar refractivity (Wildman–Crippen MR) is 88.9 cm³/mol. The lowest BCUT2D eigenvalue weighted by Crippen LogP contribution is -2.40. The SMILES string of the molecule is CN(C#N)C(=O)C1CCC(NC(=O)OCc2ccc(Cl)cc2)CC1. The van der Waals surface area contributed by atoms with Crippen molar-refractivity contribution in [3.63, 3.8) is 0 Å². The van der Waals surface area contributed by atoms with Gasteiger partial charge in [0.2, 0.25) is 5.91 Å². The Balaban J connectivity index is 1.71. The summed E-state index contributed by atoms with van der Waals surface area (Å²) in [4.78, 5) is 24.8. The zero-order chi connectivity index (χ0) is 17.5. The molecule has 2 amide bonds. The number of carbonyl (C=O) groups excluding carboxylic acids is 2. The van der Waals surface area contributed by atoms with Gasteiger partial charge in [-0.15, -0.1) is 0 Å². The first-order valence-corrected chi connectivity index (χ1v) is 8.22. The van der Waals surface area contributed by atoms with Crippen LogP contribution in [0.4, 0.5) is 4.79 Å². The highest BCUT2D eigenvalue weighted by Crippen LogP contribution is 2.25. The van der Waals surface area contributed by atoms with E-state index < -0.39 is 6.09 Å². The van der Waals surface area contributed by atoms with Crippen LogP contribution in [0.15, 0.2) is 24.3 Å². The van der Waals surface area contributed by atoms with Crippen molar-refractivity contribution in [2.75, 3.05) is 7.05 Å². The number of hydrogen-bond donors (Lipinski definition) is 1. The Morgan fingerprint density at radius 3 is 2.50 bits per heavy atom. The van der Waals surface area contributed by atoms with E-state index in [-0.39, 0.29) is 24.5 Å². The molecular weight excluding hydrogens is 330 g/mol. The van der Waals surface area contributed by atoms with Gasteiger partial charge in [-0.3, -0.25) is 9.69 Å². The first-order valence-electron chi connectivity index (χ1n) is 7.84. The van der Waals surface area contributed by atoms with Gasteiger partial charge in [0.25, 0.3) is 0 Å². The topological polar surface area (TPSA) is 82.4 Å². The minimum absolute atomic E-state index is 0.000778. The summed E-state index contributed by atoms with van der Waals surface area (Å²) >= 11 is 5.80. The van der Waals surface area contributed by atoms with E-state index >= 15 is 0 Å². The fourth-order valence-corrected chi connectivity index (χ4v) is 2.87. The van der Waals surface area contributed by atoms with Crippen LogP contribution < -0.4 is 5.32 Å². The summed E-state index contributed by atoms with van der Waals surface area (Å²) in [5.74, 6) is -0.293. The summed E-state index contributed by atoms with van der Waals surface area (Å²) < 4.78 is 5.19. The molecule has 1 aliphatic carbocycles. The number of nitriles is 1. The maximum atomic E-state index is 11.9. The highest BCUT2D eigenvalue weighted by molar-refractivity contribution is 6.30. The van der Waals surface area contributed by atoms with Gasteiger partial charge < -0.3 is 10.1 Å². The largest absolute Gasteiger partial charge is 0.445 e. The molecule has 1 saturated carbocycles. The van der Waals surface area contributed by atoms with E-state index in [2.05, 4.69) is 5.32 Å². The molecule has 1 N–H and O–H groups in total. The number of hydrogen-bond acceptors (Lipinski definition) is 4. The maximum Gasteiger partial charge on any atom is 0.407 e. The lowest BCUT2D eigenvalue weighted by molar-refractivity contribution is -0.132. The number of amides is 2. The molecule has 0 aliphatic heterocycles. The third kappa shape index (κ3) is 5.14.